The van der Waals surface area contributed by atoms with E-state index in [1.807, 2.05) is 61.5 Å². The van der Waals surface area contributed by atoms with Crippen LogP contribution in [-0.4, -0.2) is 96.6 Å². The molecule has 0 saturated carbocycles. The van der Waals surface area contributed by atoms with Crippen molar-refractivity contribution in [3.05, 3.63) is 60.2 Å². The summed E-state index contributed by atoms with van der Waals surface area (Å²) in [7, 11) is 8.20. The summed E-state index contributed by atoms with van der Waals surface area (Å²) in [5.41, 5.74) is 0.717. The van der Waals surface area contributed by atoms with Crippen molar-refractivity contribution >= 4 is 11.8 Å². The Morgan fingerprint density at radius 2 is 1.46 bits per heavy atom. The lowest BCUT2D eigenvalue weighted by Crippen LogP contribution is -2.63. The van der Waals surface area contributed by atoms with E-state index in [0.29, 0.717) is 13.2 Å². The Labute approximate surface area is 235 Å². The minimum Gasteiger partial charge on any atom is -0.497 e. The van der Waals surface area contributed by atoms with Gasteiger partial charge in [0.2, 0.25) is 0 Å². The lowest BCUT2D eigenvalue weighted by atomic mass is 9.98. The van der Waals surface area contributed by atoms with E-state index in [4.69, 9.17) is 42.6 Å². The average Bonchev–Trinajstić information content (AvgIpc) is 2.97. The highest BCUT2D eigenvalue weighted by Gasteiger charge is 2.50. The van der Waals surface area contributed by atoms with Crippen molar-refractivity contribution in [3.8, 4) is 5.75 Å². The molecule has 0 spiro atoms. The van der Waals surface area contributed by atoms with Crippen LogP contribution in [0.4, 0.5) is 0 Å². The van der Waals surface area contributed by atoms with Gasteiger partial charge in [-0.2, -0.15) is 0 Å². The van der Waals surface area contributed by atoms with Crippen LogP contribution in [0.2, 0.25) is 0 Å². The largest absolute Gasteiger partial charge is 0.497 e. The number of thioether (sulfide) groups is 1. The lowest BCUT2D eigenvalue weighted by molar-refractivity contribution is -0.339. The first-order chi connectivity index (χ1) is 19.0. The first-order valence-electron chi connectivity index (χ1n) is 13.0. The zero-order valence-corrected chi connectivity index (χ0v) is 24.2. The summed E-state index contributed by atoms with van der Waals surface area (Å²) in [6.07, 6.45) is -3.69. The Hall–Kier alpha value is -1.73. The minimum absolute atomic E-state index is 0.297. The van der Waals surface area contributed by atoms with Gasteiger partial charge in [0, 0.05) is 33.3 Å². The van der Waals surface area contributed by atoms with E-state index in [-0.39, 0.29) is 23.7 Å². The number of methoxy groups -OCH3 is 5. The van der Waals surface area contributed by atoms with E-state index in [0.717, 1.165) is 16.2 Å². The van der Waals surface area contributed by atoms with Crippen molar-refractivity contribution in [2.75, 3.05) is 42.2 Å². The second-order valence-electron chi connectivity index (χ2n) is 9.44. The summed E-state index contributed by atoms with van der Waals surface area (Å²) in [6.45, 7) is 2.69. The van der Waals surface area contributed by atoms with Crippen LogP contribution in [0.3, 0.4) is 0 Å². The van der Waals surface area contributed by atoms with E-state index < -0.39 is 30.7 Å². The van der Waals surface area contributed by atoms with Gasteiger partial charge in [0.05, 0.1) is 26.4 Å². The first-order valence-corrected chi connectivity index (χ1v) is 13.9. The van der Waals surface area contributed by atoms with Gasteiger partial charge in [-0.25, -0.2) is 0 Å². The van der Waals surface area contributed by atoms with Gasteiger partial charge < -0.3 is 42.6 Å². The molecule has 0 unspecified atom stereocenters. The summed E-state index contributed by atoms with van der Waals surface area (Å²) in [5, 5.41) is 0. The van der Waals surface area contributed by atoms with Gasteiger partial charge in [-0.1, -0.05) is 42.1 Å². The molecule has 0 aromatic heterocycles. The highest BCUT2D eigenvalue weighted by Crippen LogP contribution is 2.36. The molecule has 0 bridgehead atoms. The molecular formula is C29H40O9S. The van der Waals surface area contributed by atoms with E-state index in [1.54, 1.807) is 47.3 Å². The lowest BCUT2D eigenvalue weighted by Gasteiger charge is -2.47. The van der Waals surface area contributed by atoms with Crippen molar-refractivity contribution in [2.24, 2.45) is 0 Å². The predicted molar refractivity (Wildman–Crippen MR) is 146 cm³/mol. The molecule has 2 saturated heterocycles. The van der Waals surface area contributed by atoms with Crippen molar-refractivity contribution < 1.29 is 42.6 Å². The fourth-order valence-electron chi connectivity index (χ4n) is 4.99. The van der Waals surface area contributed by atoms with E-state index in [2.05, 4.69) is 0 Å². The van der Waals surface area contributed by atoms with Gasteiger partial charge in [0.15, 0.2) is 6.29 Å². The monoisotopic (exact) mass is 564 g/mol. The van der Waals surface area contributed by atoms with Gasteiger partial charge in [0.1, 0.15) is 47.8 Å². The standard InChI is InChI=1S/C29H40O9S/c1-18-23(35-16-19-12-14-20(30-2)15-13-19)25(32-4)26(33-5)28(37-18)38-24-22(31-3)17-36-29(27(24)34-6)39-21-10-8-7-9-11-21/h7-15,18,22-29H,16-17H2,1-6H3/t18-,22+,23+,24+,25+,26+,27+,28+,29+/m0/s1. The molecule has 0 amide bonds. The van der Waals surface area contributed by atoms with Crippen LogP contribution in [-0.2, 0) is 44.5 Å². The molecule has 9 atom stereocenters. The molecule has 2 fully saturated rings. The van der Waals surface area contributed by atoms with E-state index in [1.165, 1.54) is 0 Å². The Morgan fingerprint density at radius 3 is 2.08 bits per heavy atom. The summed E-state index contributed by atoms with van der Waals surface area (Å²) in [6, 6.07) is 17.8. The quantitative estimate of drug-likeness (QED) is 0.378. The molecule has 2 aromatic carbocycles. The zero-order valence-electron chi connectivity index (χ0n) is 23.4. The maximum atomic E-state index is 6.61. The molecule has 39 heavy (non-hydrogen) atoms. The van der Waals surface area contributed by atoms with Crippen LogP contribution >= 0.6 is 11.8 Å². The third-order valence-electron chi connectivity index (χ3n) is 7.12. The number of benzene rings is 2. The summed E-state index contributed by atoms with van der Waals surface area (Å²) in [5.74, 6) is 0.795. The summed E-state index contributed by atoms with van der Waals surface area (Å²) >= 11 is 1.59. The number of hydrogen-bond donors (Lipinski definition) is 0. The van der Waals surface area contributed by atoms with Gasteiger partial charge in [0.25, 0.3) is 0 Å². The molecule has 4 rings (SSSR count). The minimum atomic E-state index is -0.739. The van der Waals surface area contributed by atoms with Gasteiger partial charge in [-0.05, 0) is 36.8 Å². The summed E-state index contributed by atoms with van der Waals surface area (Å²) < 4.78 is 54.1. The molecule has 2 aliphatic heterocycles. The zero-order chi connectivity index (χ0) is 27.8. The molecule has 2 aliphatic rings. The Bertz CT molecular complexity index is 978. The van der Waals surface area contributed by atoms with Crippen LogP contribution < -0.4 is 4.74 Å². The molecule has 2 aromatic rings. The summed E-state index contributed by atoms with van der Waals surface area (Å²) in [4.78, 5) is 1.08. The maximum Gasteiger partial charge on any atom is 0.187 e. The van der Waals surface area contributed by atoms with Crippen LogP contribution in [0.5, 0.6) is 5.75 Å². The molecule has 0 radical (unpaired) electrons. The maximum absolute atomic E-state index is 6.61. The fraction of sp³-hybridized carbons (Fsp3) is 0.586. The number of hydrogen-bond acceptors (Lipinski definition) is 10. The second-order valence-corrected chi connectivity index (χ2v) is 10.6. The smallest absolute Gasteiger partial charge is 0.187 e. The molecule has 0 N–H and O–H groups in total. The third-order valence-corrected chi connectivity index (χ3v) is 8.30. The highest BCUT2D eigenvalue weighted by atomic mass is 32.2. The predicted octanol–water partition coefficient (Wildman–Crippen LogP) is 3.92. The van der Waals surface area contributed by atoms with E-state index in [9.17, 15) is 0 Å². The Kier molecular flexibility index (Phi) is 11.5. The van der Waals surface area contributed by atoms with Crippen molar-refractivity contribution in [3.63, 3.8) is 0 Å². The van der Waals surface area contributed by atoms with Crippen LogP contribution in [0.1, 0.15) is 12.5 Å². The number of ether oxygens (including phenoxy) is 9. The molecule has 2 heterocycles. The Balaban J connectivity index is 1.47. The van der Waals surface area contributed by atoms with Crippen LogP contribution in [0, 0.1) is 0 Å². The second kappa shape index (κ2) is 14.8. The van der Waals surface area contributed by atoms with Crippen LogP contribution in [0.25, 0.3) is 0 Å². The topological polar surface area (TPSA) is 83.1 Å². The molecule has 216 valence electrons. The van der Waals surface area contributed by atoms with Crippen molar-refractivity contribution in [1.82, 2.24) is 0 Å². The first kappa shape index (κ1) is 30.2. The van der Waals surface area contributed by atoms with E-state index >= 15 is 0 Å². The van der Waals surface area contributed by atoms with Gasteiger partial charge in [-0.15, -0.1) is 0 Å². The molecule has 9 nitrogen and oxygen atoms in total. The van der Waals surface area contributed by atoms with Gasteiger partial charge in [-0.3, -0.25) is 0 Å². The Morgan fingerprint density at radius 1 is 0.769 bits per heavy atom. The van der Waals surface area contributed by atoms with Crippen molar-refractivity contribution in [2.45, 2.75) is 72.9 Å². The number of rotatable bonds is 12. The fourth-order valence-corrected chi connectivity index (χ4v) is 6.12. The highest BCUT2D eigenvalue weighted by molar-refractivity contribution is 7.99. The SMILES string of the molecule is COc1ccc(CO[C@H]2[C@@H](OC)[C@@H](OC)[C@@H](O[C@H]3[C@@H](OC)[C@@H](Sc4ccccc4)OC[C@H]3OC)O[C@H]2C)cc1. The molecular weight excluding hydrogens is 524 g/mol. The van der Waals surface area contributed by atoms with Crippen molar-refractivity contribution in [1.29, 1.82) is 0 Å². The average molecular weight is 565 g/mol. The molecule has 10 heteroatoms. The third kappa shape index (κ3) is 7.32. The molecule has 0 aliphatic carbocycles. The van der Waals surface area contributed by atoms with Gasteiger partial charge >= 0.3 is 0 Å². The normalized spacial score (nSPS) is 33.1. The van der Waals surface area contributed by atoms with Crippen LogP contribution in [0.15, 0.2) is 59.5 Å².